The molecule has 8 nitrogen and oxygen atoms in total. The van der Waals surface area contributed by atoms with Crippen molar-refractivity contribution in [3.05, 3.63) is 52.6 Å². The predicted molar refractivity (Wildman–Crippen MR) is 98.9 cm³/mol. The highest BCUT2D eigenvalue weighted by Gasteiger charge is 2.40. The SMILES string of the molecule is NS(=O)(=O)c1c(C(F)(F)F)ccc(-c2ccc3c(c2)CCNC3)c1C1NNNN1. The Bertz CT molecular complexity index is 1050. The number of halogens is 3. The molecule has 0 atom stereocenters. The van der Waals surface area contributed by atoms with Crippen molar-refractivity contribution in [1.82, 2.24) is 27.2 Å². The molecule has 0 aromatic heterocycles. The quantitative estimate of drug-likeness (QED) is 0.428. The third-order valence-electron chi connectivity index (χ3n) is 4.97. The molecule has 1 fully saturated rings. The summed E-state index contributed by atoms with van der Waals surface area (Å²) in [6, 6.07) is 7.57. The van der Waals surface area contributed by atoms with Crippen LogP contribution in [0.1, 0.15) is 28.4 Å². The number of sulfonamides is 1. The zero-order valence-electron chi connectivity index (χ0n) is 15.0. The molecule has 4 rings (SSSR count). The van der Waals surface area contributed by atoms with Crippen LogP contribution in [0.15, 0.2) is 35.2 Å². The number of primary sulfonamides is 1. The van der Waals surface area contributed by atoms with E-state index in [2.05, 4.69) is 27.2 Å². The summed E-state index contributed by atoms with van der Waals surface area (Å²) in [7, 11) is -4.70. The van der Waals surface area contributed by atoms with Gasteiger partial charge in [-0.25, -0.2) is 24.4 Å². The Kier molecular flexibility index (Phi) is 5.11. The van der Waals surface area contributed by atoms with Crippen LogP contribution in [0.3, 0.4) is 0 Å². The molecule has 0 bridgehead atoms. The second-order valence-electron chi connectivity index (χ2n) is 6.83. The molecule has 2 heterocycles. The Morgan fingerprint density at radius 2 is 1.76 bits per heavy atom. The first-order chi connectivity index (χ1) is 13.7. The number of hydrogen-bond donors (Lipinski definition) is 6. The van der Waals surface area contributed by atoms with Crippen molar-refractivity contribution >= 4 is 10.0 Å². The largest absolute Gasteiger partial charge is 0.417 e. The van der Waals surface area contributed by atoms with Crippen LogP contribution < -0.4 is 32.4 Å². The number of alkyl halides is 3. The highest BCUT2D eigenvalue weighted by molar-refractivity contribution is 7.89. The van der Waals surface area contributed by atoms with Crippen LogP contribution in [0.4, 0.5) is 13.2 Å². The van der Waals surface area contributed by atoms with Crippen LogP contribution in [0, 0.1) is 0 Å². The summed E-state index contributed by atoms with van der Waals surface area (Å²) in [5, 5.41) is 8.50. The molecule has 156 valence electrons. The fourth-order valence-corrected chi connectivity index (χ4v) is 4.73. The summed E-state index contributed by atoms with van der Waals surface area (Å²) in [5.41, 5.74) is 12.0. The van der Waals surface area contributed by atoms with Gasteiger partial charge in [0.25, 0.3) is 0 Å². The van der Waals surface area contributed by atoms with Gasteiger partial charge in [-0.3, -0.25) is 0 Å². The van der Waals surface area contributed by atoms with Gasteiger partial charge in [-0.05, 0) is 41.3 Å². The Balaban J connectivity index is 1.99. The van der Waals surface area contributed by atoms with Gasteiger partial charge in [-0.2, -0.15) is 24.2 Å². The minimum Gasteiger partial charge on any atom is -0.312 e. The van der Waals surface area contributed by atoms with Crippen LogP contribution in [-0.2, 0) is 29.2 Å². The van der Waals surface area contributed by atoms with Gasteiger partial charge in [0.05, 0.1) is 5.56 Å². The Morgan fingerprint density at radius 1 is 1.03 bits per heavy atom. The molecule has 0 aliphatic carbocycles. The Labute approximate surface area is 165 Å². The lowest BCUT2D eigenvalue weighted by atomic mass is 9.91. The Morgan fingerprint density at radius 3 is 2.41 bits per heavy atom. The predicted octanol–water partition coefficient (Wildman–Crippen LogP) is 0.781. The van der Waals surface area contributed by atoms with E-state index in [0.29, 0.717) is 17.7 Å². The topological polar surface area (TPSA) is 120 Å². The van der Waals surface area contributed by atoms with E-state index in [-0.39, 0.29) is 5.56 Å². The fraction of sp³-hybridized carbons (Fsp3) is 0.294. The molecule has 12 heteroatoms. The second-order valence-corrected chi connectivity index (χ2v) is 8.33. The van der Waals surface area contributed by atoms with Gasteiger partial charge < -0.3 is 5.32 Å². The van der Waals surface area contributed by atoms with E-state index < -0.39 is 32.8 Å². The third kappa shape index (κ3) is 3.88. The molecule has 2 aliphatic heterocycles. The molecule has 2 aromatic rings. The summed E-state index contributed by atoms with van der Waals surface area (Å²) >= 11 is 0. The van der Waals surface area contributed by atoms with E-state index in [4.69, 9.17) is 5.14 Å². The average molecular weight is 428 g/mol. The summed E-state index contributed by atoms with van der Waals surface area (Å²) in [6.45, 7) is 1.50. The third-order valence-corrected chi connectivity index (χ3v) is 5.98. The highest BCUT2D eigenvalue weighted by atomic mass is 32.2. The molecule has 2 aliphatic rings. The molecule has 29 heavy (non-hydrogen) atoms. The van der Waals surface area contributed by atoms with Crippen molar-refractivity contribution < 1.29 is 21.6 Å². The van der Waals surface area contributed by atoms with E-state index in [1.165, 1.54) is 6.07 Å². The molecule has 0 amide bonds. The van der Waals surface area contributed by atoms with Gasteiger partial charge in [0.15, 0.2) is 0 Å². The van der Waals surface area contributed by atoms with Crippen LogP contribution in [-0.4, -0.2) is 15.0 Å². The van der Waals surface area contributed by atoms with Crippen LogP contribution in [0.25, 0.3) is 11.1 Å². The zero-order valence-corrected chi connectivity index (χ0v) is 15.8. The maximum Gasteiger partial charge on any atom is 0.417 e. The standard InChI is InChI=1S/C17H19F3N6O2S/c18-17(19,20)13-4-3-12(10-1-2-11-8-22-6-5-9(11)7-10)14(15(13)29(21,27)28)16-23-25-26-24-16/h1-4,7,16,22-26H,5-6,8H2,(H2,21,27,28). The van der Waals surface area contributed by atoms with Crippen molar-refractivity contribution in [3.8, 4) is 11.1 Å². The van der Waals surface area contributed by atoms with E-state index in [1.54, 1.807) is 6.07 Å². The zero-order chi connectivity index (χ0) is 20.8. The fourth-order valence-electron chi connectivity index (χ4n) is 3.71. The van der Waals surface area contributed by atoms with Gasteiger partial charge in [-0.1, -0.05) is 24.3 Å². The minimum absolute atomic E-state index is 0.117. The number of nitrogens with two attached hydrogens (primary N) is 1. The number of rotatable bonds is 3. The van der Waals surface area contributed by atoms with Crippen LogP contribution >= 0.6 is 0 Å². The monoisotopic (exact) mass is 428 g/mol. The molecule has 7 N–H and O–H groups in total. The summed E-state index contributed by atoms with van der Waals surface area (Å²) in [4.78, 5) is -0.961. The van der Waals surface area contributed by atoms with E-state index in [1.807, 2.05) is 12.1 Å². The van der Waals surface area contributed by atoms with E-state index >= 15 is 0 Å². The van der Waals surface area contributed by atoms with Crippen molar-refractivity contribution in [2.24, 2.45) is 5.14 Å². The van der Waals surface area contributed by atoms with Crippen molar-refractivity contribution in [1.29, 1.82) is 0 Å². The number of benzene rings is 2. The second kappa shape index (κ2) is 7.32. The molecule has 0 spiro atoms. The van der Waals surface area contributed by atoms with Crippen molar-refractivity contribution in [2.45, 2.75) is 30.2 Å². The number of hydrazine groups is 3. The maximum atomic E-state index is 13.6. The Hall–Kier alpha value is -2.06. The van der Waals surface area contributed by atoms with Crippen LogP contribution in [0.5, 0.6) is 0 Å². The van der Waals surface area contributed by atoms with Crippen molar-refractivity contribution in [2.75, 3.05) is 6.54 Å². The molecule has 0 saturated carbocycles. The summed E-state index contributed by atoms with van der Waals surface area (Å²) in [6.07, 6.45) is -5.10. The molecule has 0 radical (unpaired) electrons. The van der Waals surface area contributed by atoms with E-state index in [9.17, 15) is 21.6 Å². The highest BCUT2D eigenvalue weighted by Crippen LogP contribution is 2.41. The minimum atomic E-state index is -4.89. The number of fused-ring (bicyclic) bond motifs is 1. The summed E-state index contributed by atoms with van der Waals surface area (Å²) in [5.74, 6) is 0. The van der Waals surface area contributed by atoms with Gasteiger partial charge in [-0.15, -0.1) is 0 Å². The number of hydrogen-bond acceptors (Lipinski definition) is 7. The normalized spacial score (nSPS) is 18.1. The van der Waals surface area contributed by atoms with Crippen LogP contribution in [0.2, 0.25) is 0 Å². The first-order valence-electron chi connectivity index (χ1n) is 8.77. The lowest BCUT2D eigenvalue weighted by Crippen LogP contribution is -2.33. The summed E-state index contributed by atoms with van der Waals surface area (Å²) < 4.78 is 65.4. The van der Waals surface area contributed by atoms with Crippen molar-refractivity contribution in [3.63, 3.8) is 0 Å². The van der Waals surface area contributed by atoms with Gasteiger partial charge >= 0.3 is 6.18 Å². The maximum absolute atomic E-state index is 13.6. The molecular weight excluding hydrogens is 409 g/mol. The average Bonchev–Trinajstić information content (AvgIpc) is 3.19. The molecule has 0 unspecified atom stereocenters. The molecule has 1 saturated heterocycles. The smallest absolute Gasteiger partial charge is 0.312 e. The van der Waals surface area contributed by atoms with Gasteiger partial charge in [0.2, 0.25) is 10.0 Å². The number of nitrogens with one attached hydrogen (secondary N) is 5. The first-order valence-corrected chi connectivity index (χ1v) is 10.3. The lowest BCUT2D eigenvalue weighted by molar-refractivity contribution is -0.140. The van der Waals surface area contributed by atoms with E-state index in [0.717, 1.165) is 30.2 Å². The lowest BCUT2D eigenvalue weighted by Gasteiger charge is -2.23. The van der Waals surface area contributed by atoms with Gasteiger partial charge in [0, 0.05) is 12.1 Å². The molecular formula is C17H19F3N6O2S. The first kappa shape index (κ1) is 20.2. The van der Waals surface area contributed by atoms with Gasteiger partial charge in [0.1, 0.15) is 11.1 Å². The molecule has 2 aromatic carbocycles.